The van der Waals surface area contributed by atoms with Crippen LogP contribution in [0.15, 0.2) is 36.5 Å². The number of ether oxygens (including phenoxy) is 1. The second-order valence-corrected chi connectivity index (χ2v) is 9.73. The normalized spacial score (nSPS) is 20.7. The summed E-state index contributed by atoms with van der Waals surface area (Å²) in [5.74, 6) is -1.86. The van der Waals surface area contributed by atoms with Crippen molar-refractivity contribution in [2.75, 3.05) is 20.3 Å². The highest BCUT2D eigenvalue weighted by Gasteiger charge is 2.47. The summed E-state index contributed by atoms with van der Waals surface area (Å²) in [4.78, 5) is 17.6. The second-order valence-electron chi connectivity index (χ2n) is 9.73. The number of carbonyl (C=O) groups excluding carboxylic acids is 1. The molecule has 180 valence electrons. The first-order chi connectivity index (χ1) is 16.0. The molecule has 2 aromatic heterocycles. The molecule has 2 atom stereocenters. The standard InChI is InChI=1S/C24H24F4N4O2/c1-23(2)9-16(17-10-29-19-8-18(25)30-32(19)21(17)23)13-4-6-14(7-5-13)20(24(26,27)28)31(3)22(33)15-11-34-12-15/h4-8,10,15-16,20H,9,11-12H2,1-3H3/t16-,20+/m1/s1. The number of aromatic nitrogens is 3. The van der Waals surface area contributed by atoms with Crippen LogP contribution < -0.4 is 0 Å². The first-order valence-electron chi connectivity index (χ1n) is 11.0. The topological polar surface area (TPSA) is 59.7 Å². The molecule has 1 aliphatic heterocycles. The van der Waals surface area contributed by atoms with E-state index in [1.54, 1.807) is 18.3 Å². The molecule has 0 spiro atoms. The van der Waals surface area contributed by atoms with Crippen LogP contribution in [0.25, 0.3) is 5.65 Å². The number of benzene rings is 1. The summed E-state index contributed by atoms with van der Waals surface area (Å²) in [5.41, 5.74) is 2.61. The smallest absolute Gasteiger partial charge is 0.380 e. The predicted octanol–water partition coefficient (Wildman–Crippen LogP) is 4.39. The molecule has 5 rings (SSSR count). The van der Waals surface area contributed by atoms with Gasteiger partial charge in [0.1, 0.15) is 0 Å². The number of hydrogen-bond donors (Lipinski definition) is 0. The van der Waals surface area contributed by atoms with Crippen molar-refractivity contribution in [1.29, 1.82) is 0 Å². The highest BCUT2D eigenvalue weighted by Crippen LogP contribution is 2.48. The molecule has 1 saturated heterocycles. The third kappa shape index (κ3) is 3.64. The lowest BCUT2D eigenvalue weighted by atomic mass is 9.86. The molecular weight excluding hydrogens is 452 g/mol. The van der Waals surface area contributed by atoms with Gasteiger partial charge in [-0.2, -0.15) is 17.6 Å². The van der Waals surface area contributed by atoms with Gasteiger partial charge in [0.25, 0.3) is 0 Å². The maximum absolute atomic E-state index is 14.0. The quantitative estimate of drug-likeness (QED) is 0.524. The summed E-state index contributed by atoms with van der Waals surface area (Å²) in [6.07, 6.45) is -2.25. The first-order valence-corrected chi connectivity index (χ1v) is 11.0. The molecule has 0 saturated carbocycles. The lowest BCUT2D eigenvalue weighted by Crippen LogP contribution is -2.47. The Morgan fingerprint density at radius 2 is 1.91 bits per heavy atom. The molecule has 0 radical (unpaired) electrons. The molecule has 3 aromatic rings. The maximum Gasteiger partial charge on any atom is 0.413 e. The lowest BCUT2D eigenvalue weighted by molar-refractivity contribution is -0.195. The molecule has 34 heavy (non-hydrogen) atoms. The van der Waals surface area contributed by atoms with Gasteiger partial charge in [0.15, 0.2) is 11.7 Å². The Bertz CT molecular complexity index is 1250. The van der Waals surface area contributed by atoms with Crippen molar-refractivity contribution in [2.24, 2.45) is 5.92 Å². The third-order valence-corrected chi connectivity index (χ3v) is 6.90. The van der Waals surface area contributed by atoms with Crippen molar-refractivity contribution in [1.82, 2.24) is 19.5 Å². The number of hydrogen-bond acceptors (Lipinski definition) is 4. The van der Waals surface area contributed by atoms with Gasteiger partial charge in [-0.25, -0.2) is 9.50 Å². The van der Waals surface area contributed by atoms with Gasteiger partial charge in [-0.05, 0) is 17.5 Å². The fourth-order valence-electron chi connectivity index (χ4n) is 5.20. The van der Waals surface area contributed by atoms with Gasteiger partial charge in [-0.3, -0.25) is 4.79 Å². The minimum Gasteiger partial charge on any atom is -0.380 e. The van der Waals surface area contributed by atoms with Crippen LogP contribution >= 0.6 is 0 Å². The highest BCUT2D eigenvalue weighted by molar-refractivity contribution is 5.80. The molecule has 1 fully saturated rings. The van der Waals surface area contributed by atoms with Crippen molar-refractivity contribution >= 4 is 11.6 Å². The van der Waals surface area contributed by atoms with E-state index in [0.717, 1.165) is 21.7 Å². The van der Waals surface area contributed by atoms with Crippen LogP contribution in [0.2, 0.25) is 0 Å². The molecule has 1 amide bonds. The van der Waals surface area contributed by atoms with Crippen molar-refractivity contribution < 1.29 is 27.1 Å². The van der Waals surface area contributed by atoms with E-state index < -0.39 is 30.0 Å². The van der Waals surface area contributed by atoms with Crippen molar-refractivity contribution in [2.45, 2.75) is 43.8 Å². The van der Waals surface area contributed by atoms with Gasteiger partial charge in [0.2, 0.25) is 11.9 Å². The number of alkyl halides is 3. The van der Waals surface area contributed by atoms with Crippen LogP contribution in [0.4, 0.5) is 17.6 Å². The summed E-state index contributed by atoms with van der Waals surface area (Å²) < 4.78 is 62.2. The van der Waals surface area contributed by atoms with E-state index >= 15 is 0 Å². The van der Waals surface area contributed by atoms with Gasteiger partial charge in [0.05, 0.1) is 24.8 Å². The lowest BCUT2D eigenvalue weighted by Gasteiger charge is -2.35. The summed E-state index contributed by atoms with van der Waals surface area (Å²) in [6, 6.07) is 5.42. The molecule has 0 bridgehead atoms. The minimum atomic E-state index is -4.63. The van der Waals surface area contributed by atoms with Gasteiger partial charge in [0, 0.05) is 36.2 Å². The summed E-state index contributed by atoms with van der Waals surface area (Å²) in [5, 5.41) is 3.95. The molecule has 0 N–H and O–H groups in total. The zero-order chi connectivity index (χ0) is 24.4. The first kappa shape index (κ1) is 22.8. The zero-order valence-corrected chi connectivity index (χ0v) is 18.9. The third-order valence-electron chi connectivity index (χ3n) is 6.90. The van der Waals surface area contributed by atoms with E-state index in [2.05, 4.69) is 10.1 Å². The zero-order valence-electron chi connectivity index (χ0n) is 18.9. The Morgan fingerprint density at radius 1 is 1.24 bits per heavy atom. The number of halogens is 4. The molecule has 6 nitrogen and oxygen atoms in total. The maximum atomic E-state index is 14.0. The van der Waals surface area contributed by atoms with Crippen LogP contribution in [0.3, 0.4) is 0 Å². The van der Waals surface area contributed by atoms with Gasteiger partial charge < -0.3 is 9.64 Å². The number of fused-ring (bicyclic) bond motifs is 3. The monoisotopic (exact) mass is 476 g/mol. The van der Waals surface area contributed by atoms with Crippen molar-refractivity contribution in [3.8, 4) is 0 Å². The van der Waals surface area contributed by atoms with E-state index in [0.29, 0.717) is 12.1 Å². The van der Waals surface area contributed by atoms with Crippen LogP contribution in [-0.2, 0) is 14.9 Å². The fourth-order valence-corrected chi connectivity index (χ4v) is 5.20. The largest absolute Gasteiger partial charge is 0.413 e. The summed E-state index contributed by atoms with van der Waals surface area (Å²) in [6.45, 7) is 4.35. The minimum absolute atomic E-state index is 0.00690. The fraction of sp³-hybridized carbons (Fsp3) is 0.458. The molecule has 0 unspecified atom stereocenters. The van der Waals surface area contributed by atoms with E-state index in [4.69, 9.17) is 4.74 Å². The second kappa shape index (κ2) is 7.76. The Balaban J connectivity index is 1.48. The molecule has 10 heteroatoms. The molecule has 1 aromatic carbocycles. The molecule has 3 heterocycles. The Hall–Kier alpha value is -3.01. The number of amides is 1. The number of rotatable bonds is 4. The van der Waals surface area contributed by atoms with Gasteiger partial charge >= 0.3 is 6.18 Å². The Kier molecular flexibility index (Phi) is 5.20. The molecular formula is C24H24F4N4O2. The average molecular weight is 476 g/mol. The Morgan fingerprint density at radius 3 is 2.50 bits per heavy atom. The molecule has 1 aliphatic carbocycles. The van der Waals surface area contributed by atoms with Crippen molar-refractivity contribution in [3.05, 3.63) is 64.9 Å². The summed E-state index contributed by atoms with van der Waals surface area (Å²) >= 11 is 0. The van der Waals surface area contributed by atoms with Crippen LogP contribution in [-0.4, -0.2) is 51.8 Å². The van der Waals surface area contributed by atoms with Crippen molar-refractivity contribution in [3.63, 3.8) is 0 Å². The summed E-state index contributed by atoms with van der Waals surface area (Å²) in [7, 11) is 1.18. The average Bonchev–Trinajstić information content (AvgIpc) is 3.22. The van der Waals surface area contributed by atoms with Gasteiger partial charge in [-0.15, -0.1) is 5.10 Å². The van der Waals surface area contributed by atoms with E-state index in [-0.39, 0.29) is 30.1 Å². The van der Waals surface area contributed by atoms with E-state index in [1.165, 1.54) is 29.8 Å². The number of carbonyl (C=O) groups is 1. The van der Waals surface area contributed by atoms with E-state index in [9.17, 15) is 22.4 Å². The van der Waals surface area contributed by atoms with Gasteiger partial charge in [-0.1, -0.05) is 38.1 Å². The molecule has 2 aliphatic rings. The SMILES string of the molecule is CN(C(=O)C1COC1)[C@@H](c1ccc([C@H]2CC(C)(C)c3c2cnc2cc(F)nn32)cc1)C(F)(F)F. The highest BCUT2D eigenvalue weighted by atomic mass is 19.4. The Labute approximate surface area is 193 Å². The van der Waals surface area contributed by atoms with E-state index in [1.807, 2.05) is 13.8 Å². The number of nitrogens with zero attached hydrogens (tertiary/aromatic N) is 4. The van der Waals surface area contributed by atoms with Crippen LogP contribution in [0.1, 0.15) is 54.6 Å². The van der Waals surface area contributed by atoms with Crippen LogP contribution in [0.5, 0.6) is 0 Å². The van der Waals surface area contributed by atoms with Crippen LogP contribution in [0, 0.1) is 11.9 Å². The predicted molar refractivity (Wildman–Crippen MR) is 115 cm³/mol.